The Morgan fingerprint density at radius 3 is 1.47 bits per heavy atom. The van der Waals surface area contributed by atoms with Crippen LogP contribution in [-0.2, 0) is 0 Å². The number of anilines is 1. The van der Waals surface area contributed by atoms with Crippen molar-refractivity contribution >= 4 is 89.2 Å². The molecule has 1 aliphatic heterocycles. The highest BCUT2D eigenvalue weighted by Crippen LogP contribution is 2.49. The van der Waals surface area contributed by atoms with Crippen molar-refractivity contribution in [2.45, 2.75) is 79.1 Å². The van der Waals surface area contributed by atoms with Gasteiger partial charge in [-0.15, -0.1) is 0 Å². The number of aromatic amines is 2. The van der Waals surface area contributed by atoms with Crippen LogP contribution in [-0.4, -0.2) is 26.3 Å². The Hall–Kier alpha value is -6.47. The van der Waals surface area contributed by atoms with Crippen molar-refractivity contribution < 1.29 is 9.59 Å². The number of imide groups is 1. The van der Waals surface area contributed by atoms with E-state index in [1.807, 2.05) is 71.3 Å². The SMILES string of the molecule is C=c1c2c3[nH]c4ccccc4c3c3c4c(c5[nH]c6ccccc6c5c(c(=O)n1-c1c(C(C)C)cccc1C(C)C)c42)C(=O)N(c1c(C(C)C)cccc1C(C)C)C3=O. The second-order valence-electron chi connectivity index (χ2n) is 17.3. The summed E-state index contributed by atoms with van der Waals surface area (Å²) in [5.74, 6) is -0.528. The number of rotatable bonds is 6. The summed E-state index contributed by atoms with van der Waals surface area (Å²) in [5.41, 5.74) is 8.90. The lowest BCUT2D eigenvalue weighted by atomic mass is 9.83. The number of hydrogen-bond donors (Lipinski definition) is 2. The van der Waals surface area contributed by atoms with Gasteiger partial charge in [-0.1, -0.05) is 135 Å². The molecule has 0 radical (unpaired) electrons. The maximum atomic E-state index is 15.9. The molecule has 0 saturated carbocycles. The molecule has 6 aromatic carbocycles. The Morgan fingerprint density at radius 1 is 0.466 bits per heavy atom. The quantitative estimate of drug-likeness (QED) is 0.165. The molecule has 2 amide bonds. The Kier molecular flexibility index (Phi) is 7.75. The number of para-hydroxylation sites is 4. The first-order valence-corrected chi connectivity index (χ1v) is 20.5. The molecule has 58 heavy (non-hydrogen) atoms. The third-order valence-corrected chi connectivity index (χ3v) is 12.6. The fourth-order valence-electron chi connectivity index (χ4n) is 10.00. The van der Waals surface area contributed by atoms with Crippen molar-refractivity contribution in [1.29, 1.82) is 0 Å². The van der Waals surface area contributed by atoms with Crippen LogP contribution in [0.15, 0.2) is 89.7 Å². The molecule has 0 fully saturated rings. The molecule has 0 spiro atoms. The molecule has 1 aliphatic rings. The summed E-state index contributed by atoms with van der Waals surface area (Å²) < 4.78 is 1.82. The fraction of sp³-hybridized carbons (Fsp3) is 0.235. The second-order valence-corrected chi connectivity index (χ2v) is 17.3. The number of pyridine rings is 1. The van der Waals surface area contributed by atoms with Gasteiger partial charge in [0.1, 0.15) is 0 Å². The Balaban J connectivity index is 1.52. The first kappa shape index (κ1) is 35.9. The second kappa shape index (κ2) is 12.5. The average molecular weight is 763 g/mol. The Labute approximate surface area is 335 Å². The van der Waals surface area contributed by atoms with Crippen LogP contribution < -0.4 is 15.8 Å². The normalized spacial score (nSPS) is 13.6. The minimum Gasteiger partial charge on any atom is -0.354 e. The zero-order chi connectivity index (χ0) is 40.6. The van der Waals surface area contributed by atoms with Crippen molar-refractivity contribution in [3.05, 3.63) is 134 Å². The van der Waals surface area contributed by atoms with Crippen molar-refractivity contribution in [3.8, 4) is 5.69 Å². The maximum Gasteiger partial charge on any atom is 0.268 e. The van der Waals surface area contributed by atoms with E-state index in [-0.39, 0.29) is 29.2 Å². The molecule has 0 saturated heterocycles. The van der Waals surface area contributed by atoms with Crippen LogP contribution in [0.4, 0.5) is 5.69 Å². The zero-order valence-corrected chi connectivity index (χ0v) is 34.2. The first-order chi connectivity index (χ1) is 27.8. The number of aromatic nitrogens is 3. The molecular weight excluding hydrogens is 717 g/mol. The number of nitrogens with one attached hydrogen (secondary N) is 2. The topological polar surface area (TPSA) is 91.0 Å². The van der Waals surface area contributed by atoms with Crippen LogP contribution in [0.2, 0.25) is 0 Å². The highest BCUT2D eigenvalue weighted by atomic mass is 16.2. The molecule has 0 unspecified atom stereocenters. The molecule has 0 bridgehead atoms. The van der Waals surface area contributed by atoms with E-state index >= 15 is 14.4 Å². The number of carbonyl (C=O) groups is 2. The van der Waals surface area contributed by atoms with Gasteiger partial charge in [0.05, 0.1) is 44.3 Å². The molecule has 10 rings (SSSR count). The van der Waals surface area contributed by atoms with Crippen LogP contribution in [0.5, 0.6) is 0 Å². The van der Waals surface area contributed by atoms with Crippen molar-refractivity contribution in [2.24, 2.45) is 0 Å². The number of carbonyl (C=O) groups excluding carboxylic acids is 2. The predicted octanol–water partition coefficient (Wildman–Crippen LogP) is 11.8. The summed E-state index contributed by atoms with van der Waals surface area (Å²) in [6.07, 6.45) is 0. The number of hydrogen-bond acceptors (Lipinski definition) is 3. The largest absolute Gasteiger partial charge is 0.354 e. The number of amides is 2. The predicted molar refractivity (Wildman–Crippen MR) is 240 cm³/mol. The molecule has 7 nitrogen and oxygen atoms in total. The highest BCUT2D eigenvalue weighted by Gasteiger charge is 2.42. The van der Waals surface area contributed by atoms with Crippen molar-refractivity contribution in [1.82, 2.24) is 14.5 Å². The molecule has 4 heterocycles. The average Bonchev–Trinajstić information content (AvgIpc) is 3.77. The molecule has 3 aromatic heterocycles. The van der Waals surface area contributed by atoms with Crippen molar-refractivity contribution in [3.63, 3.8) is 0 Å². The minimum atomic E-state index is -0.409. The summed E-state index contributed by atoms with van der Waals surface area (Å²) >= 11 is 0. The van der Waals surface area contributed by atoms with E-state index < -0.39 is 11.8 Å². The lowest BCUT2D eigenvalue weighted by Gasteiger charge is -2.33. The van der Waals surface area contributed by atoms with E-state index in [0.717, 1.165) is 60.6 Å². The van der Waals surface area contributed by atoms with Gasteiger partial charge in [-0.25, -0.2) is 4.90 Å². The molecule has 0 atom stereocenters. The van der Waals surface area contributed by atoms with E-state index in [4.69, 9.17) is 6.58 Å². The van der Waals surface area contributed by atoms with Gasteiger partial charge < -0.3 is 9.97 Å². The summed E-state index contributed by atoms with van der Waals surface area (Å²) in [7, 11) is 0. The summed E-state index contributed by atoms with van der Waals surface area (Å²) in [6.45, 7) is 21.8. The number of fused-ring (bicyclic) bond motifs is 10. The van der Waals surface area contributed by atoms with Gasteiger partial charge in [0, 0.05) is 48.7 Å². The molecule has 7 heteroatoms. The van der Waals surface area contributed by atoms with Crippen LogP contribution in [0.3, 0.4) is 0 Å². The standard InChI is InChI=1S/C51H46N4O3/c1-24(2)29-18-14-19-30(25(3)4)47(29)54-28(9)37-40-41-43(38-33-16-10-12-22-35(33)52-45(37)38)50(57)55(48-31(26(5)6)20-15-21-32(48)27(7)8)51(58)44(41)46-39(42(40)49(54)56)34-17-11-13-23-36(34)53-46/h10-27,52-53H,9H2,1-8H3. The summed E-state index contributed by atoms with van der Waals surface area (Å²) in [5, 5.41) is 5.85. The fourth-order valence-corrected chi connectivity index (χ4v) is 10.00. The molecule has 9 aromatic rings. The molecule has 288 valence electrons. The lowest BCUT2D eigenvalue weighted by molar-refractivity contribution is 0.0895. The van der Waals surface area contributed by atoms with E-state index in [1.54, 1.807) is 0 Å². The van der Waals surface area contributed by atoms with Gasteiger partial charge in [-0.3, -0.25) is 19.0 Å². The van der Waals surface area contributed by atoms with E-state index in [2.05, 4.69) is 83.6 Å². The molecule has 0 aliphatic carbocycles. The maximum absolute atomic E-state index is 15.9. The number of H-pyrrole nitrogens is 2. The third-order valence-electron chi connectivity index (χ3n) is 12.6. The Bertz CT molecular complexity index is 3330. The zero-order valence-electron chi connectivity index (χ0n) is 34.2. The lowest BCUT2D eigenvalue weighted by Crippen LogP contribution is -2.42. The summed E-state index contributed by atoms with van der Waals surface area (Å²) in [6, 6.07) is 28.3. The van der Waals surface area contributed by atoms with Gasteiger partial charge in [-0.05, 0) is 58.1 Å². The van der Waals surface area contributed by atoms with Gasteiger partial charge >= 0.3 is 0 Å². The smallest absolute Gasteiger partial charge is 0.268 e. The summed E-state index contributed by atoms with van der Waals surface area (Å²) in [4.78, 5) is 56.3. The number of benzene rings is 6. The highest BCUT2D eigenvalue weighted by molar-refractivity contribution is 6.49. The minimum absolute atomic E-state index is 0.0311. The van der Waals surface area contributed by atoms with Crippen LogP contribution >= 0.6 is 0 Å². The van der Waals surface area contributed by atoms with E-state index in [1.165, 1.54) is 4.90 Å². The van der Waals surface area contributed by atoms with Crippen LogP contribution in [0, 0.1) is 0 Å². The molecule has 2 N–H and O–H groups in total. The van der Waals surface area contributed by atoms with E-state index in [0.29, 0.717) is 54.6 Å². The van der Waals surface area contributed by atoms with Crippen LogP contribution in [0.25, 0.3) is 77.4 Å². The Morgan fingerprint density at radius 2 is 0.931 bits per heavy atom. The van der Waals surface area contributed by atoms with Gasteiger partial charge in [-0.2, -0.15) is 0 Å². The monoisotopic (exact) mass is 762 g/mol. The van der Waals surface area contributed by atoms with Crippen LogP contribution in [0.1, 0.15) is 122 Å². The van der Waals surface area contributed by atoms with Gasteiger partial charge in [0.2, 0.25) is 0 Å². The van der Waals surface area contributed by atoms with Crippen molar-refractivity contribution in [2.75, 3.05) is 4.90 Å². The van der Waals surface area contributed by atoms with E-state index in [9.17, 15) is 0 Å². The molecular formula is C51H46N4O3. The van der Waals surface area contributed by atoms with Gasteiger partial charge in [0.15, 0.2) is 0 Å². The number of nitrogens with zero attached hydrogens (tertiary/aromatic N) is 2. The third kappa shape index (κ3) is 4.58. The first-order valence-electron chi connectivity index (χ1n) is 20.5. The van der Waals surface area contributed by atoms with Gasteiger partial charge in [0.25, 0.3) is 17.4 Å².